The minimum Gasteiger partial charge on any atom is -0.852 e. The average molecular weight is 163 g/mol. The van der Waals surface area contributed by atoms with E-state index in [0.29, 0.717) is 5.02 Å². The van der Waals surface area contributed by atoms with Gasteiger partial charge in [-0.1, -0.05) is 11.6 Å². The van der Waals surface area contributed by atoms with Crippen LogP contribution in [0.1, 0.15) is 0 Å². The van der Waals surface area contributed by atoms with Crippen LogP contribution in [0.25, 0.3) is 0 Å². The van der Waals surface area contributed by atoms with Gasteiger partial charge in [0.15, 0.2) is 0 Å². The first kappa shape index (κ1) is 11.0. The molecule has 0 amide bonds. The predicted molar refractivity (Wildman–Crippen MR) is 36.9 cm³/mol. The molecular weight excluding hydrogens is 159 g/mol. The topological polar surface area (TPSA) is 56.2 Å². The molecule has 1 aromatic rings. The SMILES string of the molecule is [Li+].[O-]B(O)c1ccc(Cl)cn1. The molecule has 0 saturated heterocycles. The molecule has 1 N–H and O–H groups in total. The zero-order valence-electron chi connectivity index (χ0n) is 5.99. The van der Waals surface area contributed by atoms with E-state index in [-0.39, 0.29) is 24.5 Å². The van der Waals surface area contributed by atoms with Crippen molar-refractivity contribution in [1.82, 2.24) is 4.98 Å². The fraction of sp³-hybridized carbons (Fsp3) is 0. The zero-order chi connectivity index (χ0) is 7.56. The van der Waals surface area contributed by atoms with Crippen molar-refractivity contribution in [3.05, 3.63) is 23.4 Å². The van der Waals surface area contributed by atoms with Crippen molar-refractivity contribution in [3.8, 4) is 0 Å². The van der Waals surface area contributed by atoms with Gasteiger partial charge in [-0.2, -0.15) is 0 Å². The molecule has 0 aliphatic heterocycles. The normalized spacial score (nSPS) is 8.64. The predicted octanol–water partition coefficient (Wildman–Crippen LogP) is -4.21. The molecule has 0 saturated carbocycles. The number of rotatable bonds is 1. The summed E-state index contributed by atoms with van der Waals surface area (Å²) in [6.45, 7) is 0. The molecule has 0 unspecified atom stereocenters. The van der Waals surface area contributed by atoms with E-state index < -0.39 is 7.12 Å². The molecule has 1 rings (SSSR count). The van der Waals surface area contributed by atoms with Gasteiger partial charge in [-0.3, -0.25) is 4.98 Å². The van der Waals surface area contributed by atoms with Crippen LogP contribution in [-0.4, -0.2) is 17.1 Å². The molecule has 11 heavy (non-hydrogen) atoms. The molecule has 52 valence electrons. The number of aromatic nitrogens is 1. The summed E-state index contributed by atoms with van der Waals surface area (Å²) in [5.74, 6) is 0. The smallest absolute Gasteiger partial charge is 0.852 e. The third kappa shape index (κ3) is 3.28. The summed E-state index contributed by atoms with van der Waals surface area (Å²) in [5.41, 5.74) is 0.0874. The van der Waals surface area contributed by atoms with Crippen LogP contribution in [0.4, 0.5) is 0 Å². The molecule has 0 bridgehead atoms. The summed E-state index contributed by atoms with van der Waals surface area (Å²) in [5, 5.41) is 19.2. The average Bonchev–Trinajstić information content (AvgIpc) is 1.88. The third-order valence-electron chi connectivity index (χ3n) is 1.00. The zero-order valence-corrected chi connectivity index (χ0v) is 6.75. The van der Waals surface area contributed by atoms with E-state index in [1.54, 1.807) is 0 Å². The Balaban J connectivity index is 0.000001000. The van der Waals surface area contributed by atoms with Gasteiger partial charge in [0.1, 0.15) is 0 Å². The molecule has 6 heteroatoms. The van der Waals surface area contributed by atoms with E-state index in [9.17, 15) is 5.02 Å². The van der Waals surface area contributed by atoms with Gasteiger partial charge < -0.3 is 10.0 Å². The quantitative estimate of drug-likeness (QED) is 0.427. The molecule has 0 spiro atoms. The molecule has 3 nitrogen and oxygen atoms in total. The number of hydrogen-bond donors (Lipinski definition) is 1. The number of hydrogen-bond acceptors (Lipinski definition) is 3. The van der Waals surface area contributed by atoms with E-state index in [2.05, 4.69) is 4.98 Å². The van der Waals surface area contributed by atoms with Crippen molar-refractivity contribution in [3.63, 3.8) is 0 Å². The first-order chi connectivity index (χ1) is 4.70. The second kappa shape index (κ2) is 4.81. The van der Waals surface area contributed by atoms with E-state index in [1.165, 1.54) is 18.3 Å². The summed E-state index contributed by atoms with van der Waals surface area (Å²) < 4.78 is 0. The largest absolute Gasteiger partial charge is 1.00 e. The minimum absolute atomic E-state index is 0. The van der Waals surface area contributed by atoms with E-state index >= 15 is 0 Å². The van der Waals surface area contributed by atoms with E-state index in [1.807, 2.05) is 0 Å². The summed E-state index contributed by atoms with van der Waals surface area (Å²) in [4.78, 5) is 3.58. The van der Waals surface area contributed by atoms with Crippen molar-refractivity contribution in [2.45, 2.75) is 0 Å². The standard InChI is InChI=1S/C5H4BClNO2.Li/c7-4-1-2-5(6(9)10)8-3-4;/h1-3,9H;/q-1;+1. The maximum absolute atomic E-state index is 10.3. The maximum atomic E-state index is 10.3. The van der Waals surface area contributed by atoms with Crippen molar-refractivity contribution in [1.29, 1.82) is 0 Å². The Kier molecular flexibility index (Phi) is 4.82. The van der Waals surface area contributed by atoms with Crippen LogP contribution in [0.15, 0.2) is 18.3 Å². The molecule has 0 aliphatic carbocycles. The van der Waals surface area contributed by atoms with Crippen LogP contribution in [-0.2, 0) is 0 Å². The van der Waals surface area contributed by atoms with Gasteiger partial charge in [-0.05, 0) is 12.1 Å². The molecule has 0 aromatic carbocycles. The Morgan fingerprint density at radius 1 is 1.55 bits per heavy atom. The minimum atomic E-state index is -1.77. The second-order valence-corrected chi connectivity index (χ2v) is 2.19. The Morgan fingerprint density at radius 3 is 2.55 bits per heavy atom. The Morgan fingerprint density at radius 2 is 2.18 bits per heavy atom. The first-order valence-electron chi connectivity index (χ1n) is 2.65. The van der Waals surface area contributed by atoms with Gasteiger partial charge in [-0.25, -0.2) is 0 Å². The monoisotopic (exact) mass is 163 g/mol. The van der Waals surface area contributed by atoms with Crippen molar-refractivity contribution < 1.29 is 28.9 Å². The van der Waals surface area contributed by atoms with Crippen LogP contribution in [0.5, 0.6) is 0 Å². The number of nitrogens with zero attached hydrogens (tertiary/aromatic N) is 1. The Labute approximate surface area is 81.7 Å². The molecular formula is C5H4BClLiNO2. The fourth-order valence-corrected chi connectivity index (χ4v) is 0.645. The van der Waals surface area contributed by atoms with Gasteiger partial charge >= 0.3 is 18.9 Å². The fourth-order valence-electron chi connectivity index (χ4n) is 0.533. The molecule has 1 heterocycles. The van der Waals surface area contributed by atoms with Gasteiger partial charge in [0.05, 0.1) is 5.02 Å². The van der Waals surface area contributed by atoms with Gasteiger partial charge in [0.25, 0.3) is 0 Å². The van der Waals surface area contributed by atoms with Crippen molar-refractivity contribution >= 4 is 24.3 Å². The summed E-state index contributed by atoms with van der Waals surface area (Å²) >= 11 is 5.47. The van der Waals surface area contributed by atoms with Crippen LogP contribution in [0, 0.1) is 0 Å². The van der Waals surface area contributed by atoms with Gasteiger partial charge in [0.2, 0.25) is 7.12 Å². The van der Waals surface area contributed by atoms with Crippen molar-refractivity contribution in [2.24, 2.45) is 0 Å². The van der Waals surface area contributed by atoms with Crippen LogP contribution in [0.3, 0.4) is 0 Å². The van der Waals surface area contributed by atoms with E-state index in [0.717, 1.165) is 0 Å². The summed E-state index contributed by atoms with van der Waals surface area (Å²) in [6.07, 6.45) is 1.32. The maximum Gasteiger partial charge on any atom is 1.00 e. The Hall–Kier alpha value is 0.0223. The van der Waals surface area contributed by atoms with Gasteiger partial charge in [-0.15, -0.1) is 0 Å². The summed E-state index contributed by atoms with van der Waals surface area (Å²) in [7, 11) is -1.77. The molecule has 0 atom stereocenters. The van der Waals surface area contributed by atoms with Crippen LogP contribution < -0.4 is 29.5 Å². The molecule has 0 radical (unpaired) electrons. The number of pyridine rings is 1. The van der Waals surface area contributed by atoms with Crippen molar-refractivity contribution in [2.75, 3.05) is 0 Å². The molecule has 0 aliphatic rings. The van der Waals surface area contributed by atoms with Crippen LogP contribution in [0.2, 0.25) is 5.02 Å². The van der Waals surface area contributed by atoms with Crippen LogP contribution >= 0.6 is 11.6 Å². The molecule has 0 fully saturated rings. The van der Waals surface area contributed by atoms with E-state index in [4.69, 9.17) is 16.6 Å². The first-order valence-corrected chi connectivity index (χ1v) is 3.03. The third-order valence-corrected chi connectivity index (χ3v) is 1.23. The molecule has 1 aromatic heterocycles. The van der Waals surface area contributed by atoms with Gasteiger partial charge in [0, 0.05) is 11.8 Å². The Bertz CT molecular complexity index is 218. The summed E-state index contributed by atoms with van der Waals surface area (Å²) in [6, 6.07) is 2.89. The number of halogens is 1. The second-order valence-electron chi connectivity index (χ2n) is 1.75.